The molecule has 2 aromatic rings. The molecule has 0 saturated heterocycles. The highest BCUT2D eigenvalue weighted by atomic mass is 79.9. The molecular weight excluding hydrogens is 356 g/mol. The molecule has 0 spiro atoms. The first-order chi connectivity index (χ1) is 10.5. The van der Waals surface area contributed by atoms with Crippen LogP contribution in [0.1, 0.15) is 30.9 Å². The topological polar surface area (TPSA) is 15.3 Å². The number of nitrogens with one attached hydrogen (secondary N) is 1. The van der Waals surface area contributed by atoms with Gasteiger partial charge in [-0.25, -0.2) is 0 Å². The van der Waals surface area contributed by atoms with Crippen molar-refractivity contribution in [1.29, 1.82) is 0 Å². The number of nitrogens with zero attached hydrogens (tertiary/aromatic N) is 1. The van der Waals surface area contributed by atoms with E-state index in [4.69, 9.17) is 12.2 Å². The van der Waals surface area contributed by atoms with Crippen LogP contribution in [-0.4, -0.2) is 17.1 Å². The maximum Gasteiger partial charge on any atom is 0.173 e. The average molecular weight is 377 g/mol. The molecule has 0 amide bonds. The summed E-state index contributed by atoms with van der Waals surface area (Å²) in [5.41, 5.74) is 3.60. The molecule has 0 unspecified atom stereocenters. The van der Waals surface area contributed by atoms with Gasteiger partial charge < -0.3 is 10.2 Å². The standard InChI is InChI=1S/C18H21BrN2S/c1-13(2)15-9-7-14(8-10-15)12-21(3)18(22)20-17-6-4-5-16(19)11-17/h4-11,13H,12H2,1-3H3,(H,20,22). The monoisotopic (exact) mass is 376 g/mol. The number of benzene rings is 2. The highest BCUT2D eigenvalue weighted by molar-refractivity contribution is 9.10. The van der Waals surface area contributed by atoms with E-state index in [-0.39, 0.29) is 0 Å². The van der Waals surface area contributed by atoms with E-state index in [9.17, 15) is 0 Å². The average Bonchev–Trinajstić information content (AvgIpc) is 2.47. The van der Waals surface area contributed by atoms with Gasteiger partial charge in [0.05, 0.1) is 0 Å². The number of thiocarbonyl (C=S) groups is 1. The van der Waals surface area contributed by atoms with Crippen molar-refractivity contribution in [3.63, 3.8) is 0 Å². The van der Waals surface area contributed by atoms with Crippen molar-refractivity contribution < 1.29 is 0 Å². The summed E-state index contributed by atoms with van der Waals surface area (Å²) < 4.78 is 1.03. The third-order valence-corrected chi connectivity index (χ3v) is 4.40. The van der Waals surface area contributed by atoms with Crippen LogP contribution in [0.4, 0.5) is 5.69 Å². The number of anilines is 1. The Morgan fingerprint density at radius 1 is 1.18 bits per heavy atom. The first kappa shape index (κ1) is 17.0. The summed E-state index contributed by atoms with van der Waals surface area (Å²) in [4.78, 5) is 2.04. The molecule has 0 aliphatic rings. The van der Waals surface area contributed by atoms with Crippen LogP contribution in [0.3, 0.4) is 0 Å². The van der Waals surface area contributed by atoms with Crippen LogP contribution in [0.15, 0.2) is 53.0 Å². The van der Waals surface area contributed by atoms with Gasteiger partial charge in [-0.3, -0.25) is 0 Å². The Balaban J connectivity index is 1.96. The minimum absolute atomic E-state index is 0.561. The molecule has 2 aromatic carbocycles. The molecule has 2 rings (SSSR count). The van der Waals surface area contributed by atoms with Crippen molar-refractivity contribution in [2.24, 2.45) is 0 Å². The summed E-state index contributed by atoms with van der Waals surface area (Å²) >= 11 is 8.93. The largest absolute Gasteiger partial charge is 0.348 e. The number of halogens is 1. The number of hydrogen-bond acceptors (Lipinski definition) is 1. The summed E-state index contributed by atoms with van der Waals surface area (Å²) in [5.74, 6) is 0.561. The SMILES string of the molecule is CC(C)c1ccc(CN(C)C(=S)Nc2cccc(Br)c2)cc1. The predicted octanol–water partition coefficient (Wildman–Crippen LogP) is 5.40. The first-order valence-corrected chi connectivity index (χ1v) is 8.52. The van der Waals surface area contributed by atoms with Crippen LogP contribution in [0.2, 0.25) is 0 Å². The van der Waals surface area contributed by atoms with Gasteiger partial charge in [0.15, 0.2) is 5.11 Å². The molecule has 0 bridgehead atoms. The van der Waals surface area contributed by atoms with E-state index < -0.39 is 0 Å². The van der Waals surface area contributed by atoms with Gasteiger partial charge in [0.2, 0.25) is 0 Å². The van der Waals surface area contributed by atoms with Crippen LogP contribution in [0.25, 0.3) is 0 Å². The lowest BCUT2D eigenvalue weighted by Crippen LogP contribution is -2.30. The molecule has 0 radical (unpaired) electrons. The van der Waals surface area contributed by atoms with E-state index in [0.29, 0.717) is 11.0 Å². The molecule has 116 valence electrons. The Labute approximate surface area is 146 Å². The Morgan fingerprint density at radius 2 is 1.86 bits per heavy atom. The third-order valence-electron chi connectivity index (χ3n) is 3.49. The Kier molecular flexibility index (Phi) is 5.98. The van der Waals surface area contributed by atoms with Crippen LogP contribution < -0.4 is 5.32 Å². The van der Waals surface area contributed by atoms with Gasteiger partial charge in [-0.05, 0) is 47.5 Å². The molecule has 0 fully saturated rings. The molecule has 2 nitrogen and oxygen atoms in total. The lowest BCUT2D eigenvalue weighted by atomic mass is 10.0. The first-order valence-electron chi connectivity index (χ1n) is 7.32. The van der Waals surface area contributed by atoms with Crippen molar-refractivity contribution in [3.8, 4) is 0 Å². The lowest BCUT2D eigenvalue weighted by Gasteiger charge is -2.21. The highest BCUT2D eigenvalue weighted by Crippen LogP contribution is 2.17. The zero-order valence-electron chi connectivity index (χ0n) is 13.1. The fourth-order valence-corrected chi connectivity index (χ4v) is 2.72. The zero-order valence-corrected chi connectivity index (χ0v) is 15.5. The number of hydrogen-bond donors (Lipinski definition) is 1. The maximum atomic E-state index is 5.47. The van der Waals surface area contributed by atoms with E-state index in [2.05, 4.69) is 59.4 Å². The summed E-state index contributed by atoms with van der Waals surface area (Å²) in [7, 11) is 2.00. The fraction of sp³-hybridized carbons (Fsp3) is 0.278. The minimum Gasteiger partial charge on any atom is -0.348 e. The normalized spacial score (nSPS) is 10.6. The lowest BCUT2D eigenvalue weighted by molar-refractivity contribution is 0.508. The van der Waals surface area contributed by atoms with Gasteiger partial charge in [-0.2, -0.15) is 0 Å². The summed E-state index contributed by atoms with van der Waals surface area (Å²) in [6, 6.07) is 16.7. The Hall–Kier alpha value is -1.39. The van der Waals surface area contributed by atoms with Crippen LogP contribution in [-0.2, 0) is 6.54 Å². The molecular formula is C18H21BrN2S. The van der Waals surface area contributed by atoms with Gasteiger partial charge in [0, 0.05) is 23.8 Å². The fourth-order valence-electron chi connectivity index (χ4n) is 2.14. The molecule has 0 aliphatic heterocycles. The maximum absolute atomic E-state index is 5.47. The summed E-state index contributed by atoms with van der Waals surface area (Å²) in [6.07, 6.45) is 0. The van der Waals surface area contributed by atoms with Crippen molar-refractivity contribution >= 4 is 38.9 Å². The molecule has 22 heavy (non-hydrogen) atoms. The van der Waals surface area contributed by atoms with Crippen LogP contribution >= 0.6 is 28.1 Å². The molecule has 0 saturated carbocycles. The molecule has 0 atom stereocenters. The van der Waals surface area contributed by atoms with E-state index in [1.165, 1.54) is 11.1 Å². The van der Waals surface area contributed by atoms with E-state index in [1.54, 1.807) is 0 Å². The minimum atomic E-state index is 0.561. The smallest absolute Gasteiger partial charge is 0.173 e. The van der Waals surface area contributed by atoms with Crippen molar-refractivity contribution in [2.45, 2.75) is 26.3 Å². The third kappa shape index (κ3) is 4.82. The van der Waals surface area contributed by atoms with E-state index in [1.807, 2.05) is 36.2 Å². The van der Waals surface area contributed by atoms with Crippen molar-refractivity contribution in [2.75, 3.05) is 12.4 Å². The van der Waals surface area contributed by atoms with E-state index in [0.717, 1.165) is 16.7 Å². The van der Waals surface area contributed by atoms with Gasteiger partial charge in [-0.15, -0.1) is 0 Å². The molecule has 4 heteroatoms. The quantitative estimate of drug-likeness (QED) is 0.718. The van der Waals surface area contributed by atoms with Crippen molar-refractivity contribution in [1.82, 2.24) is 4.90 Å². The van der Waals surface area contributed by atoms with E-state index >= 15 is 0 Å². The Bertz CT molecular complexity index is 638. The highest BCUT2D eigenvalue weighted by Gasteiger charge is 2.06. The second kappa shape index (κ2) is 7.75. The Morgan fingerprint density at radius 3 is 2.45 bits per heavy atom. The van der Waals surface area contributed by atoms with Gasteiger partial charge in [0.25, 0.3) is 0 Å². The van der Waals surface area contributed by atoms with Crippen molar-refractivity contribution in [3.05, 3.63) is 64.1 Å². The molecule has 0 aromatic heterocycles. The second-order valence-corrected chi connectivity index (χ2v) is 7.00. The molecule has 0 aliphatic carbocycles. The predicted molar refractivity (Wildman–Crippen MR) is 102 cm³/mol. The second-order valence-electron chi connectivity index (χ2n) is 5.69. The van der Waals surface area contributed by atoms with Crippen LogP contribution in [0.5, 0.6) is 0 Å². The number of rotatable bonds is 4. The zero-order chi connectivity index (χ0) is 16.1. The van der Waals surface area contributed by atoms with Crippen LogP contribution in [0, 0.1) is 0 Å². The van der Waals surface area contributed by atoms with Gasteiger partial charge in [0.1, 0.15) is 0 Å². The summed E-state index contributed by atoms with van der Waals surface area (Å²) in [6.45, 7) is 5.20. The van der Waals surface area contributed by atoms with Gasteiger partial charge >= 0.3 is 0 Å². The molecule has 0 heterocycles. The van der Waals surface area contributed by atoms with Gasteiger partial charge in [-0.1, -0.05) is 60.1 Å². The molecule has 1 N–H and O–H groups in total. The summed E-state index contributed by atoms with van der Waals surface area (Å²) in [5, 5.41) is 3.97.